The van der Waals surface area contributed by atoms with E-state index in [0.717, 1.165) is 31.7 Å². The monoisotopic (exact) mass is 339 g/mol. The first-order valence-electron chi connectivity index (χ1n) is 8.29. The number of amides is 1. The number of rotatable bonds is 6. The van der Waals surface area contributed by atoms with E-state index >= 15 is 0 Å². The molecule has 1 saturated heterocycles. The minimum absolute atomic E-state index is 0.0507. The Balaban J connectivity index is 1.73. The number of aliphatic hydroxyl groups excluding tert-OH is 1. The second kappa shape index (κ2) is 8.50. The topological polar surface area (TPSA) is 65.5 Å². The molecule has 0 aliphatic carbocycles. The molecule has 128 valence electrons. The molecule has 2 rings (SSSR count). The van der Waals surface area contributed by atoms with Gasteiger partial charge in [-0.3, -0.25) is 4.79 Å². The highest BCUT2D eigenvalue weighted by Crippen LogP contribution is 2.22. The third-order valence-corrected chi connectivity index (χ3v) is 4.63. The van der Waals surface area contributed by atoms with Gasteiger partial charge in [-0.15, -0.1) is 0 Å². The minimum atomic E-state index is -0.354. The van der Waals surface area contributed by atoms with Gasteiger partial charge in [0.1, 0.15) is 5.82 Å². The van der Waals surface area contributed by atoms with Crippen LogP contribution < -0.4 is 10.2 Å². The van der Waals surface area contributed by atoms with Crippen molar-refractivity contribution in [3.8, 4) is 0 Å². The number of pyridine rings is 1. The van der Waals surface area contributed by atoms with Crippen LogP contribution in [0, 0.1) is 11.8 Å². The Kier molecular flexibility index (Phi) is 6.66. The normalized spacial score (nSPS) is 17.3. The second-order valence-electron chi connectivity index (χ2n) is 6.49. The van der Waals surface area contributed by atoms with Gasteiger partial charge in [-0.05, 0) is 37.3 Å². The molecule has 5 nitrogen and oxygen atoms in total. The molecule has 1 atom stereocenters. The molecule has 0 aromatic carbocycles. The summed E-state index contributed by atoms with van der Waals surface area (Å²) in [6, 6.07) is 3.75. The lowest BCUT2D eigenvalue weighted by Gasteiger charge is -2.32. The summed E-state index contributed by atoms with van der Waals surface area (Å²) in [7, 11) is 0. The van der Waals surface area contributed by atoms with E-state index in [0.29, 0.717) is 18.0 Å². The lowest BCUT2D eigenvalue weighted by Crippen LogP contribution is -2.41. The summed E-state index contributed by atoms with van der Waals surface area (Å²) < 4.78 is 0. The quantitative estimate of drug-likeness (QED) is 0.835. The summed E-state index contributed by atoms with van der Waals surface area (Å²) in [5, 5.41) is 13.3. The van der Waals surface area contributed by atoms with Gasteiger partial charge >= 0.3 is 0 Å². The summed E-state index contributed by atoms with van der Waals surface area (Å²) >= 11 is 5.85. The largest absolute Gasteiger partial charge is 0.393 e. The number of anilines is 1. The molecule has 1 aromatic heterocycles. The van der Waals surface area contributed by atoms with E-state index in [-0.39, 0.29) is 23.8 Å². The van der Waals surface area contributed by atoms with Gasteiger partial charge in [-0.1, -0.05) is 25.4 Å². The maximum Gasteiger partial charge on any atom is 0.223 e. The zero-order valence-electron chi connectivity index (χ0n) is 13.8. The van der Waals surface area contributed by atoms with Gasteiger partial charge in [0.05, 0.1) is 11.1 Å². The zero-order chi connectivity index (χ0) is 16.8. The van der Waals surface area contributed by atoms with E-state index < -0.39 is 0 Å². The molecule has 1 aromatic rings. The maximum absolute atomic E-state index is 12.2. The molecule has 1 amide bonds. The van der Waals surface area contributed by atoms with Gasteiger partial charge in [-0.2, -0.15) is 0 Å². The van der Waals surface area contributed by atoms with Gasteiger partial charge in [-0.25, -0.2) is 4.98 Å². The molecule has 23 heavy (non-hydrogen) atoms. The number of carbonyl (C=O) groups excluding carboxylic acids is 1. The number of aliphatic hydroxyl groups is 1. The number of nitrogens with one attached hydrogen (secondary N) is 1. The van der Waals surface area contributed by atoms with Crippen LogP contribution in [0.3, 0.4) is 0 Å². The van der Waals surface area contributed by atoms with Crippen LogP contribution in [0.25, 0.3) is 0 Å². The van der Waals surface area contributed by atoms with E-state index in [2.05, 4.69) is 15.2 Å². The number of hydrogen-bond acceptors (Lipinski definition) is 4. The Bertz CT molecular complexity index is 499. The van der Waals surface area contributed by atoms with Crippen LogP contribution in [0.5, 0.6) is 0 Å². The Morgan fingerprint density at radius 1 is 1.43 bits per heavy atom. The second-order valence-corrected chi connectivity index (χ2v) is 6.92. The average molecular weight is 340 g/mol. The summed E-state index contributed by atoms with van der Waals surface area (Å²) in [6.45, 7) is 6.14. The first-order chi connectivity index (χ1) is 11.0. The molecule has 1 aliphatic heterocycles. The molecule has 0 bridgehead atoms. The first-order valence-corrected chi connectivity index (χ1v) is 8.67. The highest BCUT2D eigenvalue weighted by Gasteiger charge is 2.25. The van der Waals surface area contributed by atoms with Crippen molar-refractivity contribution in [1.82, 2.24) is 10.3 Å². The van der Waals surface area contributed by atoms with Crippen LogP contribution in [0.2, 0.25) is 5.02 Å². The Morgan fingerprint density at radius 2 is 2.13 bits per heavy atom. The molecule has 1 fully saturated rings. The van der Waals surface area contributed by atoms with Crippen molar-refractivity contribution in [3.63, 3.8) is 0 Å². The molecule has 0 saturated carbocycles. The van der Waals surface area contributed by atoms with Gasteiger partial charge in [0.2, 0.25) is 5.91 Å². The van der Waals surface area contributed by atoms with Gasteiger partial charge in [0, 0.05) is 31.7 Å². The number of carbonyl (C=O) groups is 1. The summed E-state index contributed by atoms with van der Waals surface area (Å²) in [6.07, 6.45) is 3.55. The minimum Gasteiger partial charge on any atom is -0.393 e. The highest BCUT2D eigenvalue weighted by molar-refractivity contribution is 6.30. The smallest absolute Gasteiger partial charge is 0.223 e. The van der Waals surface area contributed by atoms with E-state index in [1.165, 1.54) is 0 Å². The number of aromatic nitrogens is 1. The number of piperidine rings is 1. The standard InChI is InChI=1S/C17H26ClN3O2/c1-12(2)15(22)5-8-19-17(23)13-6-9-21(10-7-13)16-4-3-14(18)11-20-16/h3-4,11-13,15,22H,5-10H2,1-2H3,(H,19,23). The van der Waals surface area contributed by atoms with Crippen molar-refractivity contribution < 1.29 is 9.90 Å². The van der Waals surface area contributed by atoms with Crippen LogP contribution in [-0.4, -0.2) is 41.7 Å². The van der Waals surface area contributed by atoms with E-state index in [9.17, 15) is 9.90 Å². The van der Waals surface area contributed by atoms with Crippen molar-refractivity contribution in [2.75, 3.05) is 24.5 Å². The van der Waals surface area contributed by atoms with Crippen molar-refractivity contribution in [3.05, 3.63) is 23.4 Å². The summed E-state index contributed by atoms with van der Waals surface area (Å²) in [4.78, 5) is 18.7. The van der Waals surface area contributed by atoms with Crippen molar-refractivity contribution in [2.45, 2.75) is 39.2 Å². The van der Waals surface area contributed by atoms with Crippen LogP contribution >= 0.6 is 11.6 Å². The Labute approximate surface area is 143 Å². The van der Waals surface area contributed by atoms with Gasteiger partial charge in [0.15, 0.2) is 0 Å². The first kappa shape index (κ1) is 18.0. The zero-order valence-corrected chi connectivity index (χ0v) is 14.6. The predicted molar refractivity (Wildman–Crippen MR) is 92.7 cm³/mol. The number of halogens is 1. The average Bonchev–Trinajstić information content (AvgIpc) is 2.55. The lowest BCUT2D eigenvalue weighted by atomic mass is 9.95. The summed E-state index contributed by atoms with van der Waals surface area (Å²) in [5.41, 5.74) is 0. The molecule has 1 unspecified atom stereocenters. The predicted octanol–water partition coefficient (Wildman–Crippen LogP) is 2.47. The van der Waals surface area contributed by atoms with Gasteiger partial charge < -0.3 is 15.3 Å². The molecule has 6 heteroatoms. The van der Waals surface area contributed by atoms with Crippen LogP contribution in [-0.2, 0) is 4.79 Å². The summed E-state index contributed by atoms with van der Waals surface area (Å²) in [5.74, 6) is 1.29. The number of nitrogens with zero attached hydrogens (tertiary/aromatic N) is 2. The molecule has 2 heterocycles. The van der Waals surface area contributed by atoms with Crippen molar-refractivity contribution >= 4 is 23.3 Å². The van der Waals surface area contributed by atoms with E-state index in [1.807, 2.05) is 26.0 Å². The molecule has 2 N–H and O–H groups in total. The lowest BCUT2D eigenvalue weighted by molar-refractivity contribution is -0.125. The number of hydrogen-bond donors (Lipinski definition) is 2. The maximum atomic E-state index is 12.2. The van der Waals surface area contributed by atoms with Crippen molar-refractivity contribution in [1.29, 1.82) is 0 Å². The third-order valence-electron chi connectivity index (χ3n) is 4.41. The third kappa shape index (κ3) is 5.36. The van der Waals surface area contributed by atoms with Crippen LogP contribution in [0.15, 0.2) is 18.3 Å². The fraction of sp³-hybridized carbons (Fsp3) is 0.647. The van der Waals surface area contributed by atoms with Crippen molar-refractivity contribution in [2.24, 2.45) is 11.8 Å². The van der Waals surface area contributed by atoms with E-state index in [4.69, 9.17) is 11.6 Å². The fourth-order valence-corrected chi connectivity index (χ4v) is 2.86. The molecule has 0 spiro atoms. The SMILES string of the molecule is CC(C)C(O)CCNC(=O)C1CCN(c2ccc(Cl)cn2)CC1. The fourth-order valence-electron chi connectivity index (χ4n) is 2.75. The molecular weight excluding hydrogens is 314 g/mol. The molecule has 0 radical (unpaired) electrons. The molecule has 1 aliphatic rings. The Morgan fingerprint density at radius 3 is 2.70 bits per heavy atom. The van der Waals surface area contributed by atoms with Crippen LogP contribution in [0.1, 0.15) is 33.1 Å². The van der Waals surface area contributed by atoms with Gasteiger partial charge in [0.25, 0.3) is 0 Å². The Hall–Kier alpha value is -1.33. The molecular formula is C17H26ClN3O2. The highest BCUT2D eigenvalue weighted by atomic mass is 35.5. The van der Waals surface area contributed by atoms with Crippen LogP contribution in [0.4, 0.5) is 5.82 Å². The van der Waals surface area contributed by atoms with E-state index in [1.54, 1.807) is 6.20 Å².